The molecule has 1 fully saturated rings. The van der Waals surface area contributed by atoms with Crippen molar-refractivity contribution in [2.75, 3.05) is 11.5 Å². The predicted octanol–water partition coefficient (Wildman–Crippen LogP) is 1.51. The van der Waals surface area contributed by atoms with E-state index in [1.807, 2.05) is 12.1 Å². The van der Waals surface area contributed by atoms with Crippen LogP contribution in [0.2, 0.25) is 0 Å². The molecule has 4 heteroatoms. The van der Waals surface area contributed by atoms with Gasteiger partial charge in [-0.3, -0.25) is 0 Å². The molecule has 1 aromatic carbocycles. The quantitative estimate of drug-likeness (QED) is 0.888. The summed E-state index contributed by atoms with van der Waals surface area (Å²) in [4.78, 5) is 0. The van der Waals surface area contributed by atoms with Crippen molar-refractivity contribution in [3.8, 4) is 0 Å². The van der Waals surface area contributed by atoms with Gasteiger partial charge in [0.25, 0.3) is 0 Å². The van der Waals surface area contributed by atoms with Gasteiger partial charge in [0, 0.05) is 6.54 Å². The van der Waals surface area contributed by atoms with Crippen LogP contribution in [0.25, 0.3) is 0 Å². The first kappa shape index (κ1) is 12.6. The van der Waals surface area contributed by atoms with Crippen LogP contribution in [0, 0.1) is 5.92 Å². The number of nitrogens with two attached hydrogens (primary N) is 1. The number of sulfone groups is 1. The molecule has 1 saturated heterocycles. The van der Waals surface area contributed by atoms with Gasteiger partial charge < -0.3 is 5.73 Å². The van der Waals surface area contributed by atoms with Crippen LogP contribution >= 0.6 is 0 Å². The van der Waals surface area contributed by atoms with Crippen molar-refractivity contribution in [3.63, 3.8) is 0 Å². The minimum atomic E-state index is -2.74. The molecule has 1 aromatic rings. The molecule has 0 aliphatic carbocycles. The van der Waals surface area contributed by atoms with Crippen molar-refractivity contribution in [1.29, 1.82) is 0 Å². The lowest BCUT2D eigenvalue weighted by Gasteiger charge is -2.22. The van der Waals surface area contributed by atoms with Gasteiger partial charge in [0.05, 0.1) is 11.5 Å². The molecule has 1 heterocycles. The highest BCUT2D eigenvalue weighted by Crippen LogP contribution is 2.23. The first-order valence-corrected chi connectivity index (χ1v) is 7.89. The molecule has 0 amide bonds. The molecule has 2 N–H and O–H groups in total. The van der Waals surface area contributed by atoms with E-state index in [0.29, 0.717) is 24.0 Å². The van der Waals surface area contributed by atoms with Crippen LogP contribution < -0.4 is 5.73 Å². The lowest BCUT2D eigenvalue weighted by molar-refractivity contribution is 0.463. The van der Waals surface area contributed by atoms with E-state index in [0.717, 1.165) is 24.8 Å². The van der Waals surface area contributed by atoms with Crippen molar-refractivity contribution in [3.05, 3.63) is 35.4 Å². The fourth-order valence-electron chi connectivity index (χ4n) is 2.36. The van der Waals surface area contributed by atoms with Crippen molar-refractivity contribution >= 4 is 9.84 Å². The van der Waals surface area contributed by atoms with E-state index in [1.54, 1.807) is 0 Å². The van der Waals surface area contributed by atoms with Gasteiger partial charge in [-0.05, 0) is 36.3 Å². The monoisotopic (exact) mass is 253 g/mol. The molecule has 2 rings (SSSR count). The molecule has 17 heavy (non-hydrogen) atoms. The Balaban J connectivity index is 1.97. The average molecular weight is 253 g/mol. The maximum absolute atomic E-state index is 11.3. The maximum Gasteiger partial charge on any atom is 0.150 e. The molecule has 94 valence electrons. The highest BCUT2D eigenvalue weighted by molar-refractivity contribution is 7.91. The fraction of sp³-hybridized carbons (Fsp3) is 0.538. The van der Waals surface area contributed by atoms with Crippen LogP contribution in [-0.4, -0.2) is 19.9 Å². The summed E-state index contributed by atoms with van der Waals surface area (Å²) in [5.74, 6) is 1.22. The minimum absolute atomic E-state index is 0.355. The molecule has 1 aliphatic rings. The van der Waals surface area contributed by atoms with Crippen molar-refractivity contribution in [1.82, 2.24) is 0 Å². The summed E-state index contributed by atoms with van der Waals surface area (Å²) in [7, 11) is -2.74. The summed E-state index contributed by atoms with van der Waals surface area (Å²) in [6.45, 7) is 0.562. The Morgan fingerprint density at radius 3 is 2.47 bits per heavy atom. The summed E-state index contributed by atoms with van der Waals surface area (Å²) >= 11 is 0. The third-order valence-electron chi connectivity index (χ3n) is 3.43. The normalized spacial score (nSPS) is 20.3. The van der Waals surface area contributed by atoms with Crippen LogP contribution in [0.1, 0.15) is 24.0 Å². The smallest absolute Gasteiger partial charge is 0.150 e. The number of hydrogen-bond acceptors (Lipinski definition) is 3. The molecular weight excluding hydrogens is 234 g/mol. The zero-order valence-corrected chi connectivity index (χ0v) is 10.7. The Labute approximate surface area is 103 Å². The van der Waals surface area contributed by atoms with Gasteiger partial charge in [0.2, 0.25) is 0 Å². The van der Waals surface area contributed by atoms with Crippen molar-refractivity contribution in [2.24, 2.45) is 11.7 Å². The molecule has 1 aliphatic heterocycles. The largest absolute Gasteiger partial charge is 0.326 e. The number of hydrogen-bond donors (Lipinski definition) is 1. The van der Waals surface area contributed by atoms with Gasteiger partial charge in [0.1, 0.15) is 9.84 Å². The number of rotatable bonds is 3. The summed E-state index contributed by atoms with van der Waals surface area (Å²) in [6, 6.07) is 8.28. The SMILES string of the molecule is NCc1cccc(CC2CCS(=O)(=O)CC2)c1. The van der Waals surface area contributed by atoms with Crippen LogP contribution in [-0.2, 0) is 22.8 Å². The van der Waals surface area contributed by atoms with Gasteiger partial charge >= 0.3 is 0 Å². The van der Waals surface area contributed by atoms with Gasteiger partial charge in [-0.25, -0.2) is 8.42 Å². The second-order valence-electron chi connectivity index (χ2n) is 4.82. The first-order valence-electron chi connectivity index (χ1n) is 6.07. The summed E-state index contributed by atoms with van der Waals surface area (Å²) in [6.07, 6.45) is 2.58. The van der Waals surface area contributed by atoms with E-state index in [9.17, 15) is 8.42 Å². The standard InChI is InChI=1S/C13H19NO2S/c14-10-13-3-1-2-12(9-13)8-11-4-6-17(15,16)7-5-11/h1-3,9,11H,4-8,10,14H2. The van der Waals surface area contributed by atoms with Crippen molar-refractivity contribution < 1.29 is 8.42 Å². The van der Waals surface area contributed by atoms with Gasteiger partial charge in [-0.15, -0.1) is 0 Å². The fourth-order valence-corrected chi connectivity index (χ4v) is 3.95. The van der Waals surface area contributed by atoms with E-state index < -0.39 is 9.84 Å². The zero-order chi connectivity index (χ0) is 12.3. The highest BCUT2D eigenvalue weighted by Gasteiger charge is 2.23. The minimum Gasteiger partial charge on any atom is -0.326 e. The second-order valence-corrected chi connectivity index (χ2v) is 7.13. The van der Waals surface area contributed by atoms with Crippen LogP contribution in [0.4, 0.5) is 0 Å². The summed E-state index contributed by atoms with van der Waals surface area (Å²) < 4.78 is 22.7. The maximum atomic E-state index is 11.3. The molecule has 0 bridgehead atoms. The van der Waals surface area contributed by atoms with E-state index in [1.165, 1.54) is 5.56 Å². The second kappa shape index (κ2) is 5.19. The first-order chi connectivity index (χ1) is 8.09. The summed E-state index contributed by atoms with van der Waals surface area (Å²) in [5.41, 5.74) is 8.03. The van der Waals surface area contributed by atoms with E-state index in [-0.39, 0.29) is 0 Å². The van der Waals surface area contributed by atoms with Crippen LogP contribution in [0.3, 0.4) is 0 Å². The molecule has 0 atom stereocenters. The Kier molecular flexibility index (Phi) is 3.84. The Morgan fingerprint density at radius 2 is 1.82 bits per heavy atom. The molecule has 0 radical (unpaired) electrons. The number of benzene rings is 1. The van der Waals surface area contributed by atoms with Gasteiger partial charge in [-0.1, -0.05) is 24.3 Å². The average Bonchev–Trinajstić information content (AvgIpc) is 2.32. The zero-order valence-electron chi connectivity index (χ0n) is 9.93. The molecule has 0 unspecified atom stereocenters. The van der Waals surface area contributed by atoms with E-state index in [4.69, 9.17) is 5.73 Å². The molecule has 3 nitrogen and oxygen atoms in total. The Morgan fingerprint density at radius 1 is 1.18 bits per heavy atom. The third kappa shape index (κ3) is 3.54. The topological polar surface area (TPSA) is 60.2 Å². The highest BCUT2D eigenvalue weighted by atomic mass is 32.2. The lowest BCUT2D eigenvalue weighted by atomic mass is 9.93. The van der Waals surface area contributed by atoms with E-state index in [2.05, 4.69) is 12.1 Å². The van der Waals surface area contributed by atoms with Gasteiger partial charge in [-0.2, -0.15) is 0 Å². The summed E-state index contributed by atoms with van der Waals surface area (Å²) in [5, 5.41) is 0. The van der Waals surface area contributed by atoms with Crippen LogP contribution in [0.5, 0.6) is 0 Å². The molecule has 0 spiro atoms. The molecule has 0 aromatic heterocycles. The Hall–Kier alpha value is -0.870. The van der Waals surface area contributed by atoms with E-state index >= 15 is 0 Å². The predicted molar refractivity (Wildman–Crippen MR) is 69.4 cm³/mol. The Bertz CT molecular complexity index is 468. The molecular formula is C13H19NO2S. The third-order valence-corrected chi connectivity index (χ3v) is 5.14. The van der Waals surface area contributed by atoms with Gasteiger partial charge in [0.15, 0.2) is 0 Å². The lowest BCUT2D eigenvalue weighted by Crippen LogP contribution is -2.24. The van der Waals surface area contributed by atoms with Crippen molar-refractivity contribution in [2.45, 2.75) is 25.8 Å². The van der Waals surface area contributed by atoms with Crippen LogP contribution in [0.15, 0.2) is 24.3 Å². The molecule has 0 saturated carbocycles.